The second kappa shape index (κ2) is 5.09. The van der Waals surface area contributed by atoms with Crippen LogP contribution in [0.4, 0.5) is 4.39 Å². The lowest BCUT2D eigenvalue weighted by atomic mass is 9.87. The molecule has 19 heavy (non-hydrogen) atoms. The first-order valence-corrected chi connectivity index (χ1v) is 6.12. The molecule has 2 aromatic rings. The van der Waals surface area contributed by atoms with Gasteiger partial charge in [-0.05, 0) is 29.7 Å². The minimum absolute atomic E-state index is 0.246. The highest BCUT2D eigenvalue weighted by molar-refractivity contribution is 5.51. The molecule has 4 nitrogen and oxygen atoms in total. The van der Waals surface area contributed by atoms with Crippen molar-refractivity contribution in [1.29, 1.82) is 0 Å². The summed E-state index contributed by atoms with van der Waals surface area (Å²) in [5, 5.41) is 17.8. The van der Waals surface area contributed by atoms with Crippen molar-refractivity contribution in [3.63, 3.8) is 0 Å². The van der Waals surface area contributed by atoms with E-state index in [9.17, 15) is 9.50 Å². The lowest BCUT2D eigenvalue weighted by Crippen LogP contribution is -2.28. The minimum atomic E-state index is -0.561. The van der Waals surface area contributed by atoms with E-state index in [1.165, 1.54) is 12.1 Å². The molecule has 1 unspecified atom stereocenters. The van der Waals surface area contributed by atoms with Gasteiger partial charge in [-0.2, -0.15) is 0 Å². The maximum atomic E-state index is 12.8. The Morgan fingerprint density at radius 1 is 1.21 bits per heavy atom. The Labute approximate surface area is 111 Å². The second-order valence-electron chi connectivity index (χ2n) is 5.59. The fourth-order valence-electron chi connectivity index (χ4n) is 1.52. The summed E-state index contributed by atoms with van der Waals surface area (Å²) in [7, 11) is 0. The third kappa shape index (κ3) is 3.38. The van der Waals surface area contributed by atoms with Crippen LogP contribution in [0.25, 0.3) is 11.5 Å². The molecule has 0 bridgehead atoms. The van der Waals surface area contributed by atoms with E-state index in [4.69, 9.17) is 4.42 Å². The summed E-state index contributed by atoms with van der Waals surface area (Å²) in [6.07, 6.45) is -0.258. The highest BCUT2D eigenvalue weighted by atomic mass is 19.1. The maximum absolute atomic E-state index is 12.8. The van der Waals surface area contributed by atoms with Crippen LogP contribution in [-0.4, -0.2) is 21.4 Å². The van der Waals surface area contributed by atoms with E-state index < -0.39 is 6.10 Å². The first-order chi connectivity index (χ1) is 8.86. The maximum Gasteiger partial charge on any atom is 0.247 e. The largest absolute Gasteiger partial charge is 0.421 e. The van der Waals surface area contributed by atoms with Gasteiger partial charge in [0, 0.05) is 5.56 Å². The third-order valence-corrected chi connectivity index (χ3v) is 2.93. The predicted molar refractivity (Wildman–Crippen MR) is 68.9 cm³/mol. The molecule has 2 rings (SSSR count). The van der Waals surface area contributed by atoms with E-state index in [0.29, 0.717) is 23.8 Å². The Hall–Kier alpha value is -1.75. The molecule has 0 radical (unpaired) electrons. The molecule has 1 N–H and O–H groups in total. The van der Waals surface area contributed by atoms with Crippen LogP contribution >= 0.6 is 0 Å². The topological polar surface area (TPSA) is 59.2 Å². The fraction of sp³-hybridized carbons (Fsp3) is 0.429. The summed E-state index contributed by atoms with van der Waals surface area (Å²) in [5.41, 5.74) is 0.412. The van der Waals surface area contributed by atoms with Crippen molar-refractivity contribution >= 4 is 0 Å². The van der Waals surface area contributed by atoms with Gasteiger partial charge in [-0.15, -0.1) is 10.2 Å². The van der Waals surface area contributed by atoms with Crippen molar-refractivity contribution < 1.29 is 13.9 Å². The molecule has 0 fully saturated rings. The van der Waals surface area contributed by atoms with E-state index in [-0.39, 0.29) is 11.2 Å². The van der Waals surface area contributed by atoms with Crippen LogP contribution in [0.1, 0.15) is 26.7 Å². The van der Waals surface area contributed by atoms with Crippen molar-refractivity contribution in [2.45, 2.75) is 33.3 Å². The molecule has 0 saturated carbocycles. The van der Waals surface area contributed by atoms with Crippen molar-refractivity contribution in [1.82, 2.24) is 10.2 Å². The van der Waals surface area contributed by atoms with Gasteiger partial charge in [0.2, 0.25) is 11.8 Å². The highest BCUT2D eigenvalue weighted by Gasteiger charge is 2.24. The number of rotatable bonds is 3. The molecular formula is C14H17FN2O2. The zero-order chi connectivity index (χ0) is 14.0. The minimum Gasteiger partial charge on any atom is -0.421 e. The number of aliphatic hydroxyl groups is 1. The molecule has 0 aliphatic carbocycles. The van der Waals surface area contributed by atoms with E-state index in [0.717, 1.165) is 0 Å². The fourth-order valence-corrected chi connectivity index (χ4v) is 1.52. The van der Waals surface area contributed by atoms with Gasteiger partial charge in [0.15, 0.2) is 0 Å². The molecule has 1 aromatic heterocycles. The van der Waals surface area contributed by atoms with Crippen molar-refractivity contribution in [3.05, 3.63) is 36.0 Å². The van der Waals surface area contributed by atoms with Crippen LogP contribution < -0.4 is 0 Å². The van der Waals surface area contributed by atoms with E-state index in [1.54, 1.807) is 12.1 Å². The molecule has 1 heterocycles. The summed E-state index contributed by atoms with van der Waals surface area (Å²) in [6, 6.07) is 5.83. The van der Waals surface area contributed by atoms with Crippen LogP contribution in [0.3, 0.4) is 0 Å². The SMILES string of the molecule is CC(C)(C)C(O)Cc1nnc(-c2ccc(F)cc2)o1. The molecule has 102 valence electrons. The van der Waals surface area contributed by atoms with Crippen molar-refractivity contribution in [2.75, 3.05) is 0 Å². The molecule has 0 spiro atoms. The Morgan fingerprint density at radius 3 is 2.42 bits per heavy atom. The quantitative estimate of drug-likeness (QED) is 0.926. The third-order valence-electron chi connectivity index (χ3n) is 2.93. The molecule has 1 atom stereocenters. The molecular weight excluding hydrogens is 247 g/mol. The van der Waals surface area contributed by atoms with E-state index >= 15 is 0 Å². The van der Waals surface area contributed by atoms with Crippen molar-refractivity contribution in [2.24, 2.45) is 5.41 Å². The van der Waals surface area contributed by atoms with Crippen LogP contribution in [-0.2, 0) is 6.42 Å². The van der Waals surface area contributed by atoms with Gasteiger partial charge in [-0.25, -0.2) is 4.39 Å². The van der Waals surface area contributed by atoms with Crippen LogP contribution in [0.15, 0.2) is 28.7 Å². The lowest BCUT2D eigenvalue weighted by Gasteiger charge is -2.24. The number of hydrogen-bond acceptors (Lipinski definition) is 4. The molecule has 1 aromatic carbocycles. The predicted octanol–water partition coefficient (Wildman–Crippen LogP) is 2.83. The molecule has 5 heteroatoms. The van der Waals surface area contributed by atoms with Crippen LogP contribution in [0, 0.1) is 11.2 Å². The second-order valence-corrected chi connectivity index (χ2v) is 5.59. The Balaban J connectivity index is 2.13. The number of hydrogen-bond donors (Lipinski definition) is 1. The zero-order valence-electron chi connectivity index (χ0n) is 11.2. The number of benzene rings is 1. The van der Waals surface area contributed by atoms with Gasteiger partial charge in [0.05, 0.1) is 12.5 Å². The van der Waals surface area contributed by atoms with Gasteiger partial charge in [-0.3, -0.25) is 0 Å². The van der Waals surface area contributed by atoms with E-state index in [1.807, 2.05) is 20.8 Å². The molecule has 0 aliphatic heterocycles. The summed E-state index contributed by atoms with van der Waals surface area (Å²) >= 11 is 0. The summed E-state index contributed by atoms with van der Waals surface area (Å²) in [6.45, 7) is 5.82. The lowest BCUT2D eigenvalue weighted by molar-refractivity contribution is 0.0580. The Bertz CT molecular complexity index is 543. The summed E-state index contributed by atoms with van der Waals surface area (Å²) < 4.78 is 18.3. The monoisotopic (exact) mass is 264 g/mol. The molecule has 0 amide bonds. The number of halogens is 1. The zero-order valence-corrected chi connectivity index (χ0v) is 11.2. The summed E-state index contributed by atoms with van der Waals surface area (Å²) in [4.78, 5) is 0. The standard InChI is InChI=1S/C14H17FN2O2/c1-14(2,3)11(18)8-12-16-17-13(19-12)9-4-6-10(15)7-5-9/h4-7,11,18H,8H2,1-3H3. The number of nitrogens with zero attached hydrogens (tertiary/aromatic N) is 2. The van der Waals surface area contributed by atoms with Crippen molar-refractivity contribution in [3.8, 4) is 11.5 Å². The number of aromatic nitrogens is 2. The molecule has 0 aliphatic rings. The van der Waals surface area contributed by atoms with Gasteiger partial charge in [0.1, 0.15) is 5.82 Å². The average Bonchev–Trinajstić information content (AvgIpc) is 2.77. The highest BCUT2D eigenvalue weighted by Crippen LogP contribution is 2.24. The van der Waals surface area contributed by atoms with Gasteiger partial charge < -0.3 is 9.52 Å². The van der Waals surface area contributed by atoms with Crippen LogP contribution in [0.2, 0.25) is 0 Å². The van der Waals surface area contributed by atoms with Gasteiger partial charge in [-0.1, -0.05) is 20.8 Å². The Morgan fingerprint density at radius 2 is 1.84 bits per heavy atom. The van der Waals surface area contributed by atoms with E-state index in [2.05, 4.69) is 10.2 Å². The normalized spacial score (nSPS) is 13.5. The first-order valence-electron chi connectivity index (χ1n) is 6.12. The van der Waals surface area contributed by atoms with Crippen LogP contribution in [0.5, 0.6) is 0 Å². The first kappa shape index (κ1) is 13.7. The Kier molecular flexibility index (Phi) is 3.66. The number of aliphatic hydroxyl groups excluding tert-OH is 1. The van der Waals surface area contributed by atoms with Gasteiger partial charge >= 0.3 is 0 Å². The smallest absolute Gasteiger partial charge is 0.247 e. The molecule has 0 saturated heterocycles. The summed E-state index contributed by atoms with van der Waals surface area (Å²) in [5.74, 6) is 0.393. The van der Waals surface area contributed by atoms with Gasteiger partial charge in [0.25, 0.3) is 0 Å². The average molecular weight is 264 g/mol.